The van der Waals surface area contributed by atoms with Crippen molar-refractivity contribution in [2.75, 3.05) is 37.5 Å². The van der Waals surface area contributed by atoms with Crippen LogP contribution in [-0.4, -0.2) is 58.1 Å². The lowest BCUT2D eigenvalue weighted by Gasteiger charge is -2.35. The van der Waals surface area contributed by atoms with Crippen molar-refractivity contribution in [3.8, 4) is 0 Å². The second kappa shape index (κ2) is 11.2. The SMILES string of the molecule is C=C(NNC(=C)C(F)F)c1ccc(CN(c2ccccc2)S(=O)N2CCN(C)CC2)nc1. The molecule has 2 aromatic rings. The van der Waals surface area contributed by atoms with E-state index in [0.717, 1.165) is 37.6 Å². The number of rotatable bonds is 10. The second-order valence-electron chi connectivity index (χ2n) is 7.43. The van der Waals surface area contributed by atoms with Gasteiger partial charge in [-0.3, -0.25) is 14.7 Å². The van der Waals surface area contributed by atoms with Gasteiger partial charge in [0, 0.05) is 37.9 Å². The van der Waals surface area contributed by atoms with Crippen LogP contribution in [0.3, 0.4) is 0 Å². The number of nitrogens with one attached hydrogen (secondary N) is 2. The molecule has 1 fully saturated rings. The van der Waals surface area contributed by atoms with E-state index in [2.05, 4.69) is 40.9 Å². The van der Waals surface area contributed by atoms with Crippen LogP contribution in [0.4, 0.5) is 14.5 Å². The summed E-state index contributed by atoms with van der Waals surface area (Å²) in [5.41, 5.74) is 7.06. The Labute approximate surface area is 190 Å². The minimum absolute atomic E-state index is 0.351. The van der Waals surface area contributed by atoms with E-state index in [4.69, 9.17) is 0 Å². The zero-order valence-corrected chi connectivity index (χ0v) is 18.8. The van der Waals surface area contributed by atoms with Gasteiger partial charge in [-0.05, 0) is 31.3 Å². The summed E-state index contributed by atoms with van der Waals surface area (Å²) in [4.78, 5) is 6.68. The first kappa shape index (κ1) is 23.8. The third-order valence-electron chi connectivity index (χ3n) is 5.03. The number of hydrogen-bond acceptors (Lipinski definition) is 5. The number of allylic oxidation sites excluding steroid dienone is 1. The molecule has 10 heteroatoms. The minimum atomic E-state index is -2.68. The van der Waals surface area contributed by atoms with E-state index in [0.29, 0.717) is 17.8 Å². The Morgan fingerprint density at radius 2 is 1.81 bits per heavy atom. The number of alkyl halides is 2. The summed E-state index contributed by atoms with van der Waals surface area (Å²) in [7, 11) is 2.06. The lowest BCUT2D eigenvalue weighted by Crippen LogP contribution is -2.49. The molecule has 1 atom stereocenters. The molecule has 1 aromatic heterocycles. The number of para-hydroxylation sites is 1. The van der Waals surface area contributed by atoms with Crippen LogP contribution in [0.25, 0.3) is 5.70 Å². The van der Waals surface area contributed by atoms with E-state index in [1.807, 2.05) is 38.9 Å². The van der Waals surface area contributed by atoms with Gasteiger partial charge in [0.1, 0.15) is 0 Å². The van der Waals surface area contributed by atoms with Crippen molar-refractivity contribution in [2.24, 2.45) is 0 Å². The minimum Gasteiger partial charge on any atom is -0.304 e. The number of hydrogen-bond donors (Lipinski definition) is 2. The molecule has 0 saturated carbocycles. The van der Waals surface area contributed by atoms with Crippen LogP contribution in [0.2, 0.25) is 0 Å². The number of piperazine rings is 1. The molecule has 1 saturated heterocycles. The maximum absolute atomic E-state index is 13.4. The molecule has 0 amide bonds. The van der Waals surface area contributed by atoms with E-state index in [1.165, 1.54) is 0 Å². The van der Waals surface area contributed by atoms with Crippen LogP contribution in [-0.2, 0) is 17.7 Å². The number of anilines is 1. The van der Waals surface area contributed by atoms with E-state index < -0.39 is 23.3 Å². The van der Waals surface area contributed by atoms with Crippen LogP contribution in [0.5, 0.6) is 0 Å². The van der Waals surface area contributed by atoms with Gasteiger partial charge < -0.3 is 10.3 Å². The summed E-state index contributed by atoms with van der Waals surface area (Å²) in [6.45, 7) is 10.6. The molecule has 32 heavy (non-hydrogen) atoms. The first-order valence-electron chi connectivity index (χ1n) is 10.2. The number of halogens is 2. The largest absolute Gasteiger partial charge is 0.304 e. The lowest BCUT2D eigenvalue weighted by atomic mass is 10.2. The predicted molar refractivity (Wildman–Crippen MR) is 125 cm³/mol. The number of hydrazine groups is 1. The van der Waals surface area contributed by atoms with Crippen molar-refractivity contribution >= 4 is 22.6 Å². The molecule has 2 N–H and O–H groups in total. The van der Waals surface area contributed by atoms with E-state index in [9.17, 15) is 13.0 Å². The molecule has 0 radical (unpaired) electrons. The first-order valence-corrected chi connectivity index (χ1v) is 11.2. The summed E-state index contributed by atoms with van der Waals surface area (Å²) < 4.78 is 42.3. The fourth-order valence-electron chi connectivity index (χ4n) is 3.04. The van der Waals surface area contributed by atoms with E-state index in [-0.39, 0.29) is 0 Å². The van der Waals surface area contributed by atoms with Crippen molar-refractivity contribution < 1.29 is 13.0 Å². The zero-order chi connectivity index (χ0) is 23.1. The Hall–Kier alpha value is -2.82. The maximum atomic E-state index is 13.4. The molecule has 1 unspecified atom stereocenters. The van der Waals surface area contributed by atoms with Gasteiger partial charge in [0.15, 0.2) is 11.2 Å². The molecule has 0 bridgehead atoms. The topological polar surface area (TPSA) is 63.7 Å². The Balaban J connectivity index is 1.70. The molecule has 7 nitrogen and oxygen atoms in total. The van der Waals surface area contributed by atoms with Gasteiger partial charge in [0.05, 0.1) is 29.3 Å². The molecule has 172 valence electrons. The molecular weight excluding hydrogens is 434 g/mol. The molecule has 0 aliphatic carbocycles. The maximum Gasteiger partial charge on any atom is 0.279 e. The predicted octanol–water partition coefficient (Wildman–Crippen LogP) is 2.76. The monoisotopic (exact) mass is 462 g/mol. The van der Waals surface area contributed by atoms with Gasteiger partial charge in [0.25, 0.3) is 6.43 Å². The van der Waals surface area contributed by atoms with Gasteiger partial charge in [0.2, 0.25) is 0 Å². The number of likely N-dealkylation sites (N-methyl/N-ethyl adjacent to an activating group) is 1. The van der Waals surface area contributed by atoms with Crippen LogP contribution < -0.4 is 15.2 Å². The van der Waals surface area contributed by atoms with Crippen molar-refractivity contribution in [3.05, 3.63) is 78.8 Å². The quantitative estimate of drug-likeness (QED) is 0.532. The van der Waals surface area contributed by atoms with Crippen molar-refractivity contribution in [3.63, 3.8) is 0 Å². The van der Waals surface area contributed by atoms with E-state index in [1.54, 1.807) is 18.3 Å². The number of pyridine rings is 1. The van der Waals surface area contributed by atoms with Crippen LogP contribution in [0.15, 0.2) is 67.5 Å². The summed E-state index contributed by atoms with van der Waals surface area (Å²) >= 11 is -1.36. The van der Waals surface area contributed by atoms with Gasteiger partial charge in [-0.15, -0.1) is 0 Å². The summed E-state index contributed by atoms with van der Waals surface area (Å²) in [6, 6.07) is 13.2. The van der Waals surface area contributed by atoms with Gasteiger partial charge >= 0.3 is 0 Å². The Bertz CT molecular complexity index is 933. The fraction of sp³-hybridized carbons (Fsp3) is 0.318. The fourth-order valence-corrected chi connectivity index (χ4v) is 4.34. The normalized spacial score (nSPS) is 15.9. The van der Waals surface area contributed by atoms with Crippen LogP contribution >= 0.6 is 0 Å². The molecule has 1 aliphatic rings. The highest BCUT2D eigenvalue weighted by Gasteiger charge is 2.25. The molecule has 1 aliphatic heterocycles. The Morgan fingerprint density at radius 1 is 1.12 bits per heavy atom. The Morgan fingerprint density at radius 3 is 2.41 bits per heavy atom. The van der Waals surface area contributed by atoms with E-state index >= 15 is 0 Å². The molecule has 3 rings (SSSR count). The number of benzene rings is 1. The summed E-state index contributed by atoms with van der Waals surface area (Å²) in [5.74, 6) is 0. The smallest absolute Gasteiger partial charge is 0.279 e. The Kier molecular flexibility index (Phi) is 8.32. The highest BCUT2D eigenvalue weighted by molar-refractivity contribution is 7.84. The first-order chi connectivity index (χ1) is 15.3. The molecule has 2 heterocycles. The van der Waals surface area contributed by atoms with Crippen LogP contribution in [0, 0.1) is 0 Å². The third-order valence-corrected chi connectivity index (χ3v) is 6.56. The highest BCUT2D eigenvalue weighted by Crippen LogP contribution is 2.21. The summed E-state index contributed by atoms with van der Waals surface area (Å²) in [6.07, 6.45) is -1.08. The van der Waals surface area contributed by atoms with Gasteiger partial charge in [-0.1, -0.05) is 31.4 Å². The molecule has 1 aromatic carbocycles. The van der Waals surface area contributed by atoms with Crippen molar-refractivity contribution in [2.45, 2.75) is 13.0 Å². The van der Waals surface area contributed by atoms with Crippen molar-refractivity contribution in [1.82, 2.24) is 25.0 Å². The summed E-state index contributed by atoms with van der Waals surface area (Å²) in [5, 5.41) is 0. The molecular formula is C22H28F2N6OS. The van der Waals surface area contributed by atoms with Crippen LogP contribution in [0.1, 0.15) is 11.3 Å². The highest BCUT2D eigenvalue weighted by atomic mass is 32.2. The standard InChI is InChI=1S/C22H28F2N6OS/c1-17(26-27-18(2)22(23)24)19-9-10-20(25-15-19)16-30(21-7-5-4-6-8-21)32(31)29-13-11-28(3)12-14-29/h4-10,15,22,26-27H,1-2,11-14,16H2,3H3. The molecule has 0 spiro atoms. The van der Waals surface area contributed by atoms with Crippen molar-refractivity contribution in [1.29, 1.82) is 0 Å². The lowest BCUT2D eigenvalue weighted by molar-refractivity contribution is 0.179. The number of nitrogens with zero attached hydrogens (tertiary/aromatic N) is 4. The number of aromatic nitrogens is 1. The van der Waals surface area contributed by atoms with Gasteiger partial charge in [-0.2, -0.15) is 0 Å². The zero-order valence-electron chi connectivity index (χ0n) is 18.0. The second-order valence-corrected chi connectivity index (χ2v) is 8.85. The third kappa shape index (κ3) is 6.35. The van der Waals surface area contributed by atoms with Gasteiger partial charge in [-0.25, -0.2) is 17.3 Å². The average molecular weight is 463 g/mol. The average Bonchev–Trinajstić information content (AvgIpc) is 2.81.